The second kappa shape index (κ2) is 6.77. The molecule has 1 aromatic rings. The van der Waals surface area contributed by atoms with Crippen LogP contribution in [-0.2, 0) is 6.54 Å². The van der Waals surface area contributed by atoms with Gasteiger partial charge in [-0.1, -0.05) is 44.2 Å². The monoisotopic (exact) mass is 234 g/mol. The van der Waals surface area contributed by atoms with E-state index in [4.69, 9.17) is 5.73 Å². The molecule has 2 nitrogen and oxygen atoms in total. The van der Waals surface area contributed by atoms with E-state index in [2.05, 4.69) is 56.1 Å². The van der Waals surface area contributed by atoms with Crippen LogP contribution in [0.1, 0.15) is 32.3 Å². The number of rotatable bonds is 7. The maximum atomic E-state index is 5.73. The Morgan fingerprint density at radius 2 is 1.82 bits per heavy atom. The molecule has 0 unspecified atom stereocenters. The van der Waals surface area contributed by atoms with Gasteiger partial charge in [0, 0.05) is 6.54 Å². The summed E-state index contributed by atoms with van der Waals surface area (Å²) >= 11 is 0. The zero-order valence-corrected chi connectivity index (χ0v) is 11.4. The molecule has 2 heteroatoms. The van der Waals surface area contributed by atoms with Gasteiger partial charge in [-0.25, -0.2) is 0 Å². The quantitative estimate of drug-likeness (QED) is 0.786. The first-order valence-electron chi connectivity index (χ1n) is 6.46. The molecular weight excluding hydrogens is 208 g/mol. The van der Waals surface area contributed by atoms with Gasteiger partial charge in [-0.15, -0.1) is 0 Å². The Balaban J connectivity index is 2.24. The summed E-state index contributed by atoms with van der Waals surface area (Å²) in [6, 6.07) is 10.6. The molecule has 0 spiro atoms. The summed E-state index contributed by atoms with van der Waals surface area (Å²) in [6.07, 6.45) is 2.41. The highest BCUT2D eigenvalue weighted by Crippen LogP contribution is 2.20. The van der Waals surface area contributed by atoms with Crippen molar-refractivity contribution in [2.24, 2.45) is 11.1 Å². The van der Waals surface area contributed by atoms with Crippen molar-refractivity contribution in [2.75, 3.05) is 20.1 Å². The number of benzene rings is 1. The van der Waals surface area contributed by atoms with Crippen LogP contribution in [0.15, 0.2) is 30.3 Å². The maximum Gasteiger partial charge on any atom is 0.0230 e. The van der Waals surface area contributed by atoms with Crippen molar-refractivity contribution in [3.63, 3.8) is 0 Å². The summed E-state index contributed by atoms with van der Waals surface area (Å²) < 4.78 is 0. The van der Waals surface area contributed by atoms with Crippen LogP contribution < -0.4 is 5.73 Å². The van der Waals surface area contributed by atoms with E-state index >= 15 is 0 Å². The van der Waals surface area contributed by atoms with Crippen LogP contribution in [0.25, 0.3) is 0 Å². The second-order valence-corrected chi connectivity index (χ2v) is 5.70. The zero-order chi connectivity index (χ0) is 12.7. The minimum Gasteiger partial charge on any atom is -0.330 e. The average molecular weight is 234 g/mol. The number of nitrogens with zero attached hydrogens (tertiary/aromatic N) is 1. The molecule has 1 aromatic carbocycles. The Labute approximate surface area is 106 Å². The van der Waals surface area contributed by atoms with Gasteiger partial charge in [0.2, 0.25) is 0 Å². The van der Waals surface area contributed by atoms with Crippen molar-refractivity contribution in [2.45, 2.75) is 33.2 Å². The summed E-state index contributed by atoms with van der Waals surface area (Å²) in [5.74, 6) is 0. The summed E-state index contributed by atoms with van der Waals surface area (Å²) in [5, 5.41) is 0. The number of nitrogens with two attached hydrogens (primary N) is 1. The largest absolute Gasteiger partial charge is 0.330 e. The molecule has 0 bridgehead atoms. The normalized spacial score (nSPS) is 12.1. The lowest BCUT2D eigenvalue weighted by atomic mass is 9.88. The third-order valence-electron chi connectivity index (χ3n) is 3.24. The highest BCUT2D eigenvalue weighted by Gasteiger charge is 2.14. The van der Waals surface area contributed by atoms with E-state index in [0.29, 0.717) is 0 Å². The van der Waals surface area contributed by atoms with Gasteiger partial charge in [-0.05, 0) is 44.0 Å². The fraction of sp³-hybridized carbons (Fsp3) is 0.600. The van der Waals surface area contributed by atoms with Crippen molar-refractivity contribution in [3.05, 3.63) is 35.9 Å². The fourth-order valence-corrected chi connectivity index (χ4v) is 1.90. The van der Waals surface area contributed by atoms with Gasteiger partial charge in [0.05, 0.1) is 0 Å². The van der Waals surface area contributed by atoms with Crippen LogP contribution in [-0.4, -0.2) is 25.0 Å². The summed E-state index contributed by atoms with van der Waals surface area (Å²) in [7, 11) is 2.18. The van der Waals surface area contributed by atoms with Gasteiger partial charge in [-0.2, -0.15) is 0 Å². The van der Waals surface area contributed by atoms with E-state index in [9.17, 15) is 0 Å². The van der Waals surface area contributed by atoms with Gasteiger partial charge in [0.1, 0.15) is 0 Å². The predicted octanol–water partition coefficient (Wildman–Crippen LogP) is 2.88. The molecule has 0 radical (unpaired) electrons. The third kappa shape index (κ3) is 5.85. The standard InChI is InChI=1S/C15H26N2/c1-15(2,13-16)10-7-11-17(3)12-14-8-5-4-6-9-14/h4-6,8-9H,7,10-13,16H2,1-3H3. The highest BCUT2D eigenvalue weighted by atomic mass is 15.1. The minimum atomic E-state index is 0.285. The van der Waals surface area contributed by atoms with Crippen LogP contribution in [0.2, 0.25) is 0 Å². The predicted molar refractivity (Wildman–Crippen MR) is 74.8 cm³/mol. The molecule has 0 saturated carbocycles. The highest BCUT2D eigenvalue weighted by molar-refractivity contribution is 5.14. The first-order chi connectivity index (χ1) is 8.03. The molecule has 1 rings (SSSR count). The van der Waals surface area contributed by atoms with Crippen LogP contribution >= 0.6 is 0 Å². The summed E-state index contributed by atoms with van der Waals surface area (Å²) in [5.41, 5.74) is 7.40. The lowest BCUT2D eigenvalue weighted by Crippen LogP contribution is -2.26. The first kappa shape index (κ1) is 14.2. The average Bonchev–Trinajstić information content (AvgIpc) is 2.30. The van der Waals surface area contributed by atoms with E-state index < -0.39 is 0 Å². The van der Waals surface area contributed by atoms with Crippen LogP contribution in [0.3, 0.4) is 0 Å². The molecule has 0 aliphatic carbocycles. The number of hydrogen-bond acceptors (Lipinski definition) is 2. The Morgan fingerprint density at radius 1 is 1.18 bits per heavy atom. The molecular formula is C15H26N2. The van der Waals surface area contributed by atoms with E-state index in [0.717, 1.165) is 19.6 Å². The van der Waals surface area contributed by atoms with Crippen molar-refractivity contribution in [3.8, 4) is 0 Å². The third-order valence-corrected chi connectivity index (χ3v) is 3.24. The molecule has 0 fully saturated rings. The van der Waals surface area contributed by atoms with Gasteiger partial charge < -0.3 is 10.6 Å². The summed E-state index contributed by atoms with van der Waals surface area (Å²) in [6.45, 7) is 7.42. The van der Waals surface area contributed by atoms with E-state index in [1.807, 2.05) is 0 Å². The Bertz CT molecular complexity index is 306. The molecule has 0 amide bonds. The van der Waals surface area contributed by atoms with Crippen molar-refractivity contribution < 1.29 is 0 Å². The molecule has 17 heavy (non-hydrogen) atoms. The smallest absolute Gasteiger partial charge is 0.0230 e. The van der Waals surface area contributed by atoms with Gasteiger partial charge in [-0.3, -0.25) is 0 Å². The van der Waals surface area contributed by atoms with Crippen molar-refractivity contribution >= 4 is 0 Å². The Kier molecular flexibility index (Phi) is 5.66. The van der Waals surface area contributed by atoms with E-state index in [1.165, 1.54) is 18.4 Å². The molecule has 96 valence electrons. The fourth-order valence-electron chi connectivity index (χ4n) is 1.90. The molecule has 2 N–H and O–H groups in total. The lowest BCUT2D eigenvalue weighted by molar-refractivity contribution is 0.273. The second-order valence-electron chi connectivity index (χ2n) is 5.70. The van der Waals surface area contributed by atoms with Gasteiger partial charge in [0.25, 0.3) is 0 Å². The van der Waals surface area contributed by atoms with E-state index in [1.54, 1.807) is 0 Å². The maximum absolute atomic E-state index is 5.73. The Morgan fingerprint density at radius 3 is 2.41 bits per heavy atom. The molecule has 0 aliphatic rings. The molecule has 0 heterocycles. The minimum absolute atomic E-state index is 0.285. The summed E-state index contributed by atoms with van der Waals surface area (Å²) in [4.78, 5) is 2.38. The van der Waals surface area contributed by atoms with Gasteiger partial charge >= 0.3 is 0 Å². The SMILES string of the molecule is CN(CCCC(C)(C)CN)Cc1ccccc1. The lowest BCUT2D eigenvalue weighted by Gasteiger charge is -2.24. The van der Waals surface area contributed by atoms with Crippen molar-refractivity contribution in [1.29, 1.82) is 0 Å². The molecule has 0 saturated heterocycles. The molecule has 0 atom stereocenters. The molecule has 0 aromatic heterocycles. The van der Waals surface area contributed by atoms with Crippen LogP contribution in [0.4, 0.5) is 0 Å². The number of hydrogen-bond donors (Lipinski definition) is 1. The first-order valence-corrected chi connectivity index (χ1v) is 6.46. The van der Waals surface area contributed by atoms with Crippen molar-refractivity contribution in [1.82, 2.24) is 4.90 Å². The Hall–Kier alpha value is -0.860. The zero-order valence-electron chi connectivity index (χ0n) is 11.4. The van der Waals surface area contributed by atoms with Crippen LogP contribution in [0, 0.1) is 5.41 Å². The van der Waals surface area contributed by atoms with E-state index in [-0.39, 0.29) is 5.41 Å². The topological polar surface area (TPSA) is 29.3 Å². The van der Waals surface area contributed by atoms with Crippen LogP contribution in [0.5, 0.6) is 0 Å². The van der Waals surface area contributed by atoms with Gasteiger partial charge in [0.15, 0.2) is 0 Å². The molecule has 0 aliphatic heterocycles.